The Labute approximate surface area is 110 Å². The molecule has 1 saturated carbocycles. The fourth-order valence-electron chi connectivity index (χ4n) is 2.16. The Kier molecular flexibility index (Phi) is 2.81. The highest BCUT2D eigenvalue weighted by Crippen LogP contribution is 2.19. The SMILES string of the molecule is Cn1nc(CC(=O)NC2CC2)c2ccccc2c1=O. The molecule has 98 valence electrons. The Bertz CT molecular complexity index is 701. The number of carbonyl (C=O) groups is 1. The molecule has 0 spiro atoms. The number of amides is 1. The molecular formula is C14H15N3O2. The summed E-state index contributed by atoms with van der Waals surface area (Å²) in [6, 6.07) is 7.61. The van der Waals surface area contributed by atoms with Crippen molar-refractivity contribution in [3.63, 3.8) is 0 Å². The van der Waals surface area contributed by atoms with Crippen molar-refractivity contribution < 1.29 is 4.79 Å². The van der Waals surface area contributed by atoms with Gasteiger partial charge in [-0.1, -0.05) is 18.2 Å². The van der Waals surface area contributed by atoms with Crippen LogP contribution in [0.4, 0.5) is 0 Å². The Balaban J connectivity index is 2.00. The second kappa shape index (κ2) is 4.50. The quantitative estimate of drug-likeness (QED) is 0.882. The Hall–Kier alpha value is -2.17. The number of aryl methyl sites for hydroxylation is 1. The predicted octanol–water partition coefficient (Wildman–Crippen LogP) is 0.755. The van der Waals surface area contributed by atoms with E-state index in [1.54, 1.807) is 13.1 Å². The van der Waals surface area contributed by atoms with Crippen molar-refractivity contribution in [2.24, 2.45) is 7.05 Å². The highest BCUT2D eigenvalue weighted by atomic mass is 16.2. The van der Waals surface area contributed by atoms with E-state index in [9.17, 15) is 9.59 Å². The van der Waals surface area contributed by atoms with Gasteiger partial charge in [0.05, 0.1) is 17.5 Å². The third-order valence-electron chi connectivity index (χ3n) is 3.30. The number of benzene rings is 1. The second-order valence-electron chi connectivity index (χ2n) is 4.94. The van der Waals surface area contributed by atoms with Crippen LogP contribution in [0.25, 0.3) is 10.8 Å². The van der Waals surface area contributed by atoms with Gasteiger partial charge in [0.25, 0.3) is 5.56 Å². The van der Waals surface area contributed by atoms with Crippen molar-refractivity contribution in [2.75, 3.05) is 0 Å². The van der Waals surface area contributed by atoms with Gasteiger partial charge in [-0.25, -0.2) is 4.68 Å². The molecule has 0 saturated heterocycles. The third-order valence-corrected chi connectivity index (χ3v) is 3.30. The van der Waals surface area contributed by atoms with Gasteiger partial charge in [0.1, 0.15) is 0 Å². The zero-order valence-electron chi connectivity index (χ0n) is 10.7. The van der Waals surface area contributed by atoms with Crippen molar-refractivity contribution in [3.8, 4) is 0 Å². The lowest BCUT2D eigenvalue weighted by Crippen LogP contribution is -2.29. The summed E-state index contributed by atoms with van der Waals surface area (Å²) in [4.78, 5) is 23.8. The number of rotatable bonds is 3. The molecule has 1 aliphatic rings. The van der Waals surface area contributed by atoms with Crippen LogP contribution in [0, 0.1) is 0 Å². The van der Waals surface area contributed by atoms with E-state index in [0.29, 0.717) is 17.1 Å². The summed E-state index contributed by atoms with van der Waals surface area (Å²) in [6.07, 6.45) is 2.34. The Morgan fingerprint density at radius 1 is 1.37 bits per heavy atom. The molecule has 1 heterocycles. The van der Waals surface area contributed by atoms with E-state index in [0.717, 1.165) is 18.2 Å². The maximum absolute atomic E-state index is 12.0. The van der Waals surface area contributed by atoms with Crippen LogP contribution in [-0.2, 0) is 18.3 Å². The largest absolute Gasteiger partial charge is 0.353 e. The van der Waals surface area contributed by atoms with Gasteiger partial charge in [-0.2, -0.15) is 5.10 Å². The van der Waals surface area contributed by atoms with Gasteiger partial charge in [-0.3, -0.25) is 9.59 Å². The van der Waals surface area contributed by atoms with Crippen molar-refractivity contribution in [3.05, 3.63) is 40.3 Å². The van der Waals surface area contributed by atoms with Crippen LogP contribution in [0.15, 0.2) is 29.1 Å². The average Bonchev–Trinajstić information content (AvgIpc) is 3.19. The van der Waals surface area contributed by atoms with Crippen LogP contribution in [0.1, 0.15) is 18.5 Å². The molecule has 1 fully saturated rings. The van der Waals surface area contributed by atoms with E-state index in [1.165, 1.54) is 4.68 Å². The minimum atomic E-state index is -0.137. The lowest BCUT2D eigenvalue weighted by atomic mass is 10.1. The number of aromatic nitrogens is 2. The van der Waals surface area contributed by atoms with E-state index >= 15 is 0 Å². The molecule has 1 N–H and O–H groups in total. The number of nitrogens with zero attached hydrogens (tertiary/aromatic N) is 2. The van der Waals surface area contributed by atoms with Gasteiger partial charge in [0.15, 0.2) is 0 Å². The molecule has 1 aromatic carbocycles. The van der Waals surface area contributed by atoms with Gasteiger partial charge in [0.2, 0.25) is 5.91 Å². The molecular weight excluding hydrogens is 242 g/mol. The lowest BCUT2D eigenvalue weighted by Gasteiger charge is -2.08. The van der Waals surface area contributed by atoms with Crippen molar-refractivity contribution in [1.29, 1.82) is 0 Å². The average molecular weight is 257 g/mol. The third kappa shape index (κ3) is 2.36. The summed E-state index contributed by atoms with van der Waals surface area (Å²) in [7, 11) is 1.61. The first-order valence-corrected chi connectivity index (χ1v) is 6.39. The first-order valence-electron chi connectivity index (χ1n) is 6.39. The summed E-state index contributed by atoms with van der Waals surface area (Å²) in [6.45, 7) is 0. The zero-order chi connectivity index (χ0) is 13.4. The summed E-state index contributed by atoms with van der Waals surface area (Å²) >= 11 is 0. The molecule has 1 aliphatic carbocycles. The molecule has 0 aliphatic heterocycles. The minimum Gasteiger partial charge on any atom is -0.353 e. The monoisotopic (exact) mass is 257 g/mol. The van der Waals surface area contributed by atoms with Crippen LogP contribution in [-0.4, -0.2) is 21.7 Å². The van der Waals surface area contributed by atoms with Crippen LogP contribution in [0.2, 0.25) is 0 Å². The van der Waals surface area contributed by atoms with Crippen LogP contribution in [0.5, 0.6) is 0 Å². The van der Waals surface area contributed by atoms with E-state index < -0.39 is 0 Å². The van der Waals surface area contributed by atoms with Gasteiger partial charge in [0, 0.05) is 18.5 Å². The normalized spacial score (nSPS) is 14.6. The summed E-state index contributed by atoms with van der Waals surface area (Å²) in [5, 5.41) is 8.51. The Morgan fingerprint density at radius 3 is 2.74 bits per heavy atom. The van der Waals surface area contributed by atoms with E-state index in [4.69, 9.17) is 0 Å². The number of fused-ring (bicyclic) bond motifs is 1. The zero-order valence-corrected chi connectivity index (χ0v) is 10.7. The van der Waals surface area contributed by atoms with Gasteiger partial charge in [-0.05, 0) is 18.9 Å². The summed E-state index contributed by atoms with van der Waals surface area (Å²) < 4.78 is 1.29. The van der Waals surface area contributed by atoms with Gasteiger partial charge in [-0.15, -0.1) is 0 Å². The highest BCUT2D eigenvalue weighted by Gasteiger charge is 2.23. The summed E-state index contributed by atoms with van der Waals surface area (Å²) in [5.41, 5.74) is 0.512. The maximum Gasteiger partial charge on any atom is 0.274 e. The van der Waals surface area contributed by atoms with Gasteiger partial charge >= 0.3 is 0 Å². The number of hydrogen-bond donors (Lipinski definition) is 1. The molecule has 0 atom stereocenters. The summed E-state index contributed by atoms with van der Waals surface area (Å²) in [5.74, 6) is -0.0289. The smallest absolute Gasteiger partial charge is 0.274 e. The standard InChI is InChI=1S/C14H15N3O2/c1-17-14(19)11-5-3-2-4-10(11)12(16-17)8-13(18)15-9-6-7-9/h2-5,9H,6-8H2,1H3,(H,15,18). The van der Waals surface area contributed by atoms with Crippen molar-refractivity contribution in [1.82, 2.24) is 15.1 Å². The van der Waals surface area contributed by atoms with Gasteiger partial charge < -0.3 is 5.32 Å². The van der Waals surface area contributed by atoms with Crippen LogP contribution >= 0.6 is 0 Å². The fraction of sp³-hybridized carbons (Fsp3) is 0.357. The first-order chi connectivity index (χ1) is 9.15. The van der Waals surface area contributed by atoms with Crippen LogP contribution < -0.4 is 10.9 Å². The number of carbonyl (C=O) groups excluding carboxylic acids is 1. The molecule has 0 radical (unpaired) electrons. The molecule has 0 unspecified atom stereocenters. The van der Waals surface area contributed by atoms with E-state index in [2.05, 4.69) is 10.4 Å². The molecule has 1 aromatic heterocycles. The molecule has 19 heavy (non-hydrogen) atoms. The minimum absolute atomic E-state index is 0.0289. The second-order valence-corrected chi connectivity index (χ2v) is 4.94. The molecule has 2 aromatic rings. The molecule has 5 nitrogen and oxygen atoms in total. The molecule has 0 bridgehead atoms. The van der Waals surface area contributed by atoms with E-state index in [1.807, 2.05) is 18.2 Å². The highest BCUT2D eigenvalue weighted by molar-refractivity contribution is 5.88. The molecule has 5 heteroatoms. The molecule has 3 rings (SSSR count). The van der Waals surface area contributed by atoms with E-state index in [-0.39, 0.29) is 17.9 Å². The lowest BCUT2D eigenvalue weighted by molar-refractivity contribution is -0.120. The fourth-order valence-corrected chi connectivity index (χ4v) is 2.16. The first kappa shape index (κ1) is 11.9. The Morgan fingerprint density at radius 2 is 2.05 bits per heavy atom. The predicted molar refractivity (Wildman–Crippen MR) is 71.9 cm³/mol. The maximum atomic E-state index is 12.0. The number of hydrogen-bond acceptors (Lipinski definition) is 3. The topological polar surface area (TPSA) is 64.0 Å². The van der Waals surface area contributed by atoms with Crippen LogP contribution in [0.3, 0.4) is 0 Å². The van der Waals surface area contributed by atoms with Crippen molar-refractivity contribution >= 4 is 16.7 Å². The number of nitrogens with one attached hydrogen (secondary N) is 1. The van der Waals surface area contributed by atoms with Crippen molar-refractivity contribution in [2.45, 2.75) is 25.3 Å². The molecule has 1 amide bonds.